The molecule has 5 saturated carbocycles. The van der Waals surface area contributed by atoms with Gasteiger partial charge in [0, 0.05) is 11.2 Å². The summed E-state index contributed by atoms with van der Waals surface area (Å²) >= 11 is 0. The number of fused-ring (bicyclic) bond motifs is 2. The number of aliphatic carboxylic acids is 3. The molecule has 2 bridgehead atoms. The second-order valence-electron chi connectivity index (χ2n) is 21.4. The Morgan fingerprint density at radius 3 is 1.93 bits per heavy atom. The average Bonchev–Trinajstić information content (AvgIpc) is 3.17. The van der Waals surface area contributed by atoms with E-state index in [2.05, 4.69) is 32.9 Å². The predicted molar refractivity (Wildman–Crippen MR) is 207 cm³/mol. The zero-order valence-electron chi connectivity index (χ0n) is 35.1. The van der Waals surface area contributed by atoms with Gasteiger partial charge in [-0.25, -0.2) is 9.59 Å². The van der Waals surface area contributed by atoms with Gasteiger partial charge in [-0.05, 0) is 110 Å². The minimum Gasteiger partial charge on any atom is -0.481 e. The maximum Gasteiger partial charge on any atom is 0.335 e. The van der Waals surface area contributed by atoms with E-state index in [4.69, 9.17) is 26.8 Å². The molecule has 1 spiro atoms. The largest absolute Gasteiger partial charge is 0.481 e. The number of carbonyl (C=O) groups excluding carboxylic acids is 1. The van der Waals surface area contributed by atoms with Gasteiger partial charge in [0.15, 0.2) is 24.8 Å². The second kappa shape index (κ2) is 14.0. The van der Waals surface area contributed by atoms with Crippen LogP contribution in [0.15, 0.2) is 12.2 Å². The van der Waals surface area contributed by atoms with Gasteiger partial charge >= 0.3 is 17.9 Å². The molecule has 60 heavy (non-hydrogen) atoms. The molecule has 0 aromatic carbocycles. The van der Waals surface area contributed by atoms with E-state index in [1.165, 1.54) is 0 Å². The number of allylic oxidation sites excluding steroid dienone is 2. The van der Waals surface area contributed by atoms with E-state index in [0.717, 1.165) is 19.3 Å². The van der Waals surface area contributed by atoms with Crippen molar-refractivity contribution in [3.63, 3.8) is 0 Å². The van der Waals surface area contributed by atoms with E-state index in [1.807, 2.05) is 20.8 Å². The number of carboxylic acid groups (broad SMARTS) is 3. The van der Waals surface area contributed by atoms with Crippen molar-refractivity contribution in [2.45, 2.75) is 172 Å². The summed E-state index contributed by atoms with van der Waals surface area (Å²) in [6.07, 6.45) is -10.6. The molecule has 2 radical (unpaired) electrons. The molecule has 7 fully saturated rings. The summed E-state index contributed by atoms with van der Waals surface area (Å²) in [4.78, 5) is 52.1. The normalized spacial score (nSPS) is 55.5. The first kappa shape index (κ1) is 44.1. The van der Waals surface area contributed by atoms with Gasteiger partial charge in [-0.2, -0.15) is 0 Å². The van der Waals surface area contributed by atoms with Crippen LogP contribution in [0.3, 0.4) is 0 Å². The van der Waals surface area contributed by atoms with E-state index in [0.29, 0.717) is 38.5 Å². The summed E-state index contributed by atoms with van der Waals surface area (Å²) in [7, 11) is 7.87. The van der Waals surface area contributed by atoms with Crippen LogP contribution in [0.2, 0.25) is 5.31 Å². The SMILES string of the molecule is [B][C@]12C(=O)C3C=C[C@]1(CC[C@H]1C(C)(C)C(OC4OC(C(=O)O)C(O)C(O)C4OC4OC(C(=O)O)C(O)C(O)C4O)CC[C@@]12C)[C@]1(C)CC[C@@]2(C)CC[C@](C)(C(=O)O)C[C@H]2C31. The Balaban J connectivity index is 1.10. The fourth-order valence-corrected chi connectivity index (χ4v) is 14.8. The molecule has 332 valence electrons. The molecule has 16 nitrogen and oxygen atoms in total. The monoisotopic (exact) mass is 844 g/mol. The number of carbonyl (C=O) groups is 4. The Morgan fingerprint density at radius 1 is 0.717 bits per heavy atom. The molecule has 13 unspecified atom stereocenters. The fourth-order valence-electron chi connectivity index (χ4n) is 14.8. The molecule has 0 aromatic rings. The number of ether oxygens (including phenoxy) is 4. The molecule has 0 aromatic heterocycles. The first-order valence-electron chi connectivity index (χ1n) is 21.5. The number of carboxylic acids is 3. The Bertz CT molecular complexity index is 1840. The fraction of sp³-hybridized carbons (Fsp3) is 0.860. The standard InChI is InChI=1S/C43H61BO16/c1-37(2)20-8-12-42-11-7-18(22-19-17-39(4,36(55)56)14-13-38(19,3)15-16-41(22,42)6)31(50)43(42,44)40(20,5)10-9-21(37)57-35-30(26(48)25(47)29(59-35)33(53)54)60-34-27(49)23(45)24(46)28(58-34)32(51)52/h7,11,18-30,34-35,45-49H,8-10,12-17H2,1-6H3,(H,51,52)(H,53,54)(H,55,56)/t18?,19-,20-,21?,22?,23?,24?,25?,26?,27?,28?,29?,30?,34?,35?,38+,39-,40-,41+,42-,43-/m0/s1. The van der Waals surface area contributed by atoms with Crippen molar-refractivity contribution in [1.29, 1.82) is 0 Å². The first-order chi connectivity index (χ1) is 27.8. The lowest BCUT2D eigenvalue weighted by Gasteiger charge is -2.79. The maximum atomic E-state index is 15.4. The lowest BCUT2D eigenvalue weighted by Crippen LogP contribution is -2.76. The molecule has 7 aliphatic carbocycles. The maximum absolute atomic E-state index is 15.4. The van der Waals surface area contributed by atoms with Crippen LogP contribution in [0, 0.1) is 56.2 Å². The molecule has 2 saturated heterocycles. The van der Waals surface area contributed by atoms with Crippen molar-refractivity contribution in [2.75, 3.05) is 0 Å². The minimum absolute atomic E-state index is 0.00908. The van der Waals surface area contributed by atoms with Crippen molar-refractivity contribution in [3.05, 3.63) is 12.2 Å². The molecule has 8 N–H and O–H groups in total. The Hall–Kier alpha value is -2.48. The molecular formula is C43H61BO16. The predicted octanol–water partition coefficient (Wildman–Crippen LogP) is 1.81. The molecule has 0 amide bonds. The van der Waals surface area contributed by atoms with Gasteiger partial charge < -0.3 is 59.8 Å². The van der Waals surface area contributed by atoms with E-state index in [-0.39, 0.29) is 34.4 Å². The highest BCUT2D eigenvalue weighted by Crippen LogP contribution is 2.85. The third-order valence-electron chi connectivity index (χ3n) is 18.4. The second-order valence-corrected chi connectivity index (χ2v) is 21.4. The highest BCUT2D eigenvalue weighted by atomic mass is 16.8. The number of rotatable bonds is 7. The van der Waals surface area contributed by atoms with Crippen molar-refractivity contribution in [1.82, 2.24) is 0 Å². The van der Waals surface area contributed by atoms with Crippen molar-refractivity contribution >= 4 is 31.5 Å². The van der Waals surface area contributed by atoms with Crippen molar-refractivity contribution < 1.29 is 79.0 Å². The van der Waals surface area contributed by atoms with Crippen LogP contribution in [0.4, 0.5) is 0 Å². The number of hydrogen-bond donors (Lipinski definition) is 8. The zero-order valence-corrected chi connectivity index (χ0v) is 35.1. The summed E-state index contributed by atoms with van der Waals surface area (Å²) in [5, 5.41) is 82.1. The van der Waals surface area contributed by atoms with Crippen LogP contribution in [-0.4, -0.2) is 140 Å². The van der Waals surface area contributed by atoms with Crippen LogP contribution >= 0.6 is 0 Å². The number of Topliss-reactive ketones (excluding diaryl/α,β-unsaturated/α-hetero) is 1. The Morgan fingerprint density at radius 2 is 1.32 bits per heavy atom. The number of hydrogen-bond acceptors (Lipinski definition) is 13. The van der Waals surface area contributed by atoms with Gasteiger partial charge in [-0.15, -0.1) is 0 Å². The average molecular weight is 845 g/mol. The Labute approximate surface area is 350 Å². The molecule has 9 rings (SSSR count). The molecular weight excluding hydrogens is 783 g/mol. The lowest BCUT2D eigenvalue weighted by atomic mass is 9.19. The van der Waals surface area contributed by atoms with Crippen LogP contribution in [0.25, 0.3) is 0 Å². The molecule has 17 heteroatoms. The topological polar surface area (TPSA) is 267 Å². The first-order valence-corrected chi connectivity index (χ1v) is 21.5. The van der Waals surface area contributed by atoms with Gasteiger partial charge in [0.05, 0.1) is 19.4 Å². The highest BCUT2D eigenvalue weighted by molar-refractivity contribution is 6.32. The molecule has 2 heterocycles. The summed E-state index contributed by atoms with van der Waals surface area (Å²) < 4.78 is 23.4. The van der Waals surface area contributed by atoms with Crippen LogP contribution in [0.5, 0.6) is 0 Å². The zero-order chi connectivity index (χ0) is 44.1. The van der Waals surface area contributed by atoms with Gasteiger partial charge in [-0.3, -0.25) is 9.59 Å². The smallest absolute Gasteiger partial charge is 0.335 e. The third kappa shape index (κ3) is 5.61. The van der Waals surface area contributed by atoms with E-state index in [1.54, 1.807) is 0 Å². The van der Waals surface area contributed by atoms with Gasteiger partial charge in [-0.1, -0.05) is 46.8 Å². The summed E-state index contributed by atoms with van der Waals surface area (Å²) in [5.74, 6) is -4.86. The quantitative estimate of drug-likeness (QED) is 0.103. The van der Waals surface area contributed by atoms with Crippen LogP contribution in [0.1, 0.15) is 99.3 Å². The van der Waals surface area contributed by atoms with Crippen molar-refractivity contribution in [2.24, 2.45) is 56.2 Å². The molecule has 2 aliphatic heterocycles. The van der Waals surface area contributed by atoms with Crippen molar-refractivity contribution in [3.8, 4) is 0 Å². The molecule has 21 atom stereocenters. The lowest BCUT2D eigenvalue weighted by molar-refractivity contribution is -0.371. The van der Waals surface area contributed by atoms with Gasteiger partial charge in [0.25, 0.3) is 0 Å². The van der Waals surface area contributed by atoms with Gasteiger partial charge in [0.2, 0.25) is 0 Å². The summed E-state index contributed by atoms with van der Waals surface area (Å²) in [5.41, 5.74) is -3.63. The number of ketones is 1. The van der Waals surface area contributed by atoms with E-state index >= 15 is 4.79 Å². The van der Waals surface area contributed by atoms with Crippen LogP contribution < -0.4 is 0 Å². The Kier molecular flexibility index (Phi) is 10.3. The van der Waals surface area contributed by atoms with Crippen LogP contribution in [-0.2, 0) is 38.1 Å². The summed E-state index contributed by atoms with van der Waals surface area (Å²) in [6.45, 7) is 12.5. The highest BCUT2D eigenvalue weighted by Gasteiger charge is 2.80. The molecule has 9 aliphatic rings. The summed E-state index contributed by atoms with van der Waals surface area (Å²) in [6, 6.07) is 0. The minimum atomic E-state index is -2.07. The van der Waals surface area contributed by atoms with E-state index in [9.17, 15) is 55.2 Å². The third-order valence-corrected chi connectivity index (χ3v) is 18.4. The number of aliphatic hydroxyl groups excluding tert-OH is 5. The van der Waals surface area contributed by atoms with E-state index < -0.39 is 118 Å². The van der Waals surface area contributed by atoms with Gasteiger partial charge in [0.1, 0.15) is 42.4 Å². The number of aliphatic hydroxyl groups is 5.